The highest BCUT2D eigenvalue weighted by Gasteiger charge is 2.67. The Bertz CT molecular complexity index is 748. The Morgan fingerprint density at radius 1 is 0.478 bits per heavy atom. The molecule has 0 rings (SSSR count). The lowest BCUT2D eigenvalue weighted by Gasteiger charge is -2.62. The van der Waals surface area contributed by atoms with Gasteiger partial charge in [-0.25, -0.2) is 0 Å². The van der Waals surface area contributed by atoms with Gasteiger partial charge in [0.05, 0.1) is 81.7 Å². The second-order valence-electron chi connectivity index (χ2n) is 13.2. The fraction of sp³-hybridized carbons (Fsp3) is 0.969. The van der Waals surface area contributed by atoms with Gasteiger partial charge in [-0.15, -0.1) is 0 Å². The van der Waals surface area contributed by atoms with Crippen molar-refractivity contribution in [2.45, 2.75) is 140 Å². The normalized spacial score (nSPS) is 20.1. The lowest BCUT2D eigenvalue weighted by atomic mass is 9.41. The van der Waals surface area contributed by atoms with Crippen LogP contribution in [0.1, 0.15) is 103 Å². The summed E-state index contributed by atoms with van der Waals surface area (Å²) in [7, 11) is 0. The van der Waals surface area contributed by atoms with E-state index < -0.39 is 137 Å². The van der Waals surface area contributed by atoms with Gasteiger partial charge in [0.2, 0.25) is 0 Å². The number of rotatable bonds is 30. The van der Waals surface area contributed by atoms with Crippen LogP contribution in [0, 0.1) is 16.2 Å². The summed E-state index contributed by atoms with van der Waals surface area (Å²) in [5, 5.41) is 136. The molecule has 276 valence electrons. The van der Waals surface area contributed by atoms with Gasteiger partial charge >= 0.3 is 5.97 Å². The Balaban J connectivity index is 7.92. The maximum absolute atomic E-state index is 13.7. The first-order valence-electron chi connectivity index (χ1n) is 16.7. The molecule has 0 saturated carbocycles. The first-order valence-corrected chi connectivity index (χ1v) is 16.7. The van der Waals surface area contributed by atoms with Gasteiger partial charge in [-0.05, 0) is 55.8 Å². The molecule has 0 aromatic carbocycles. The van der Waals surface area contributed by atoms with Gasteiger partial charge < -0.3 is 66.4 Å². The maximum atomic E-state index is 13.7. The molecule has 0 aliphatic carbocycles. The number of aliphatic hydroxyl groups is 12. The first kappa shape index (κ1) is 45.0. The number of carboxylic acid groups (broad SMARTS) is 1. The van der Waals surface area contributed by atoms with Crippen LogP contribution in [-0.4, -0.2) is 149 Å². The van der Waals surface area contributed by atoms with Crippen LogP contribution in [-0.2, 0) is 4.79 Å². The molecular formula is C32H64O14. The molecule has 0 aromatic heterocycles. The SMILES string of the molecule is CCCCCCCCCCC(CC(O)CO)(CC(O)CO)C(CC(O)CO)(CC(O)CO)C(CC(O)CO)(CC(O)CO)C(=O)O. The molecule has 0 heterocycles. The minimum atomic E-state index is -2.46. The average Bonchev–Trinajstić information content (AvgIpc) is 3.04. The number of carbonyl (C=O) groups is 1. The molecule has 6 atom stereocenters. The van der Waals surface area contributed by atoms with E-state index in [0.29, 0.717) is 12.8 Å². The van der Waals surface area contributed by atoms with Gasteiger partial charge in [0.25, 0.3) is 0 Å². The van der Waals surface area contributed by atoms with Gasteiger partial charge in [-0.2, -0.15) is 0 Å². The second-order valence-corrected chi connectivity index (χ2v) is 13.2. The summed E-state index contributed by atoms with van der Waals surface area (Å²) < 4.78 is 0. The maximum Gasteiger partial charge on any atom is 0.310 e. The fourth-order valence-electron chi connectivity index (χ4n) is 7.68. The van der Waals surface area contributed by atoms with Gasteiger partial charge in [-0.1, -0.05) is 58.3 Å². The molecule has 0 bridgehead atoms. The molecule has 0 aromatic rings. The largest absolute Gasteiger partial charge is 0.481 e. The van der Waals surface area contributed by atoms with Crippen molar-refractivity contribution in [1.82, 2.24) is 0 Å². The summed E-state index contributed by atoms with van der Waals surface area (Å²) in [6.07, 6.45) is -6.95. The summed E-state index contributed by atoms with van der Waals surface area (Å²) in [6.45, 7) is -3.20. The molecule has 0 saturated heterocycles. The molecule has 46 heavy (non-hydrogen) atoms. The summed E-state index contributed by atoms with van der Waals surface area (Å²) in [4.78, 5) is 13.7. The highest BCUT2D eigenvalue weighted by molar-refractivity contribution is 5.76. The van der Waals surface area contributed by atoms with Crippen molar-refractivity contribution >= 4 is 5.97 Å². The van der Waals surface area contributed by atoms with Crippen LogP contribution in [0.15, 0.2) is 0 Å². The zero-order chi connectivity index (χ0) is 35.4. The van der Waals surface area contributed by atoms with Gasteiger partial charge in [0.15, 0.2) is 0 Å². The standard InChI is InChI=1S/C32H64O14/c1-2-3-4-5-6-7-8-9-10-30(11-23(39)17-33,12-24(40)18-34)32(15-27(43)21-37,16-28(44)22-38)31(29(45)46,13-25(41)19-35)14-26(42)20-36/h23-28,33-44H,2-22H2,1H3,(H,45,46). The van der Waals surface area contributed by atoms with Crippen LogP contribution in [0.5, 0.6) is 0 Å². The van der Waals surface area contributed by atoms with E-state index in [1.807, 2.05) is 0 Å². The number of aliphatic carboxylic acids is 1. The molecule has 0 radical (unpaired) electrons. The van der Waals surface area contributed by atoms with Crippen LogP contribution >= 0.6 is 0 Å². The highest BCUT2D eigenvalue weighted by Crippen LogP contribution is 2.66. The fourth-order valence-corrected chi connectivity index (χ4v) is 7.68. The van der Waals surface area contributed by atoms with Crippen molar-refractivity contribution in [2.75, 3.05) is 39.6 Å². The van der Waals surface area contributed by atoms with Crippen molar-refractivity contribution < 1.29 is 71.2 Å². The molecular weight excluding hydrogens is 608 g/mol. The van der Waals surface area contributed by atoms with Gasteiger partial charge in [0, 0.05) is 0 Å². The van der Waals surface area contributed by atoms with Crippen molar-refractivity contribution in [1.29, 1.82) is 0 Å². The third kappa shape index (κ3) is 13.1. The number of hydrogen-bond acceptors (Lipinski definition) is 13. The Hall–Kier alpha value is -1.01. The molecule has 0 fully saturated rings. The Morgan fingerprint density at radius 2 is 0.783 bits per heavy atom. The quantitative estimate of drug-likeness (QED) is 0.0409. The van der Waals surface area contributed by atoms with E-state index in [1.54, 1.807) is 0 Å². The van der Waals surface area contributed by atoms with E-state index in [1.165, 1.54) is 0 Å². The van der Waals surface area contributed by atoms with E-state index in [9.17, 15) is 71.2 Å². The molecule has 0 aliphatic heterocycles. The minimum Gasteiger partial charge on any atom is -0.481 e. The molecule has 0 amide bonds. The van der Waals surface area contributed by atoms with Crippen LogP contribution in [0.2, 0.25) is 0 Å². The predicted octanol–water partition coefficient (Wildman–Crippen LogP) is -0.979. The van der Waals surface area contributed by atoms with Crippen molar-refractivity contribution in [2.24, 2.45) is 16.2 Å². The van der Waals surface area contributed by atoms with Crippen LogP contribution < -0.4 is 0 Å². The number of aliphatic hydroxyl groups excluding tert-OH is 12. The van der Waals surface area contributed by atoms with Crippen LogP contribution in [0.4, 0.5) is 0 Å². The van der Waals surface area contributed by atoms with Crippen molar-refractivity contribution in [3.8, 4) is 0 Å². The number of unbranched alkanes of at least 4 members (excludes halogenated alkanes) is 7. The Morgan fingerprint density at radius 3 is 1.11 bits per heavy atom. The Kier molecular flexibility index (Phi) is 22.9. The molecule has 6 unspecified atom stereocenters. The predicted molar refractivity (Wildman–Crippen MR) is 168 cm³/mol. The van der Waals surface area contributed by atoms with Crippen molar-refractivity contribution in [3.05, 3.63) is 0 Å². The summed E-state index contributed by atoms with van der Waals surface area (Å²) in [6, 6.07) is 0. The zero-order valence-electron chi connectivity index (χ0n) is 27.5. The first-order chi connectivity index (χ1) is 21.7. The van der Waals surface area contributed by atoms with E-state index >= 15 is 0 Å². The third-order valence-corrected chi connectivity index (χ3v) is 9.70. The van der Waals surface area contributed by atoms with Crippen LogP contribution in [0.3, 0.4) is 0 Å². The lowest BCUT2D eigenvalue weighted by molar-refractivity contribution is -0.215. The highest BCUT2D eigenvalue weighted by atomic mass is 16.4. The topological polar surface area (TPSA) is 280 Å². The molecule has 0 aliphatic rings. The molecule has 14 nitrogen and oxygen atoms in total. The molecule has 0 spiro atoms. The van der Waals surface area contributed by atoms with Gasteiger partial charge in [-0.3, -0.25) is 4.79 Å². The smallest absolute Gasteiger partial charge is 0.310 e. The summed E-state index contributed by atoms with van der Waals surface area (Å²) in [5.41, 5.74) is -6.33. The van der Waals surface area contributed by atoms with E-state index in [4.69, 9.17) is 0 Å². The van der Waals surface area contributed by atoms with Crippen molar-refractivity contribution in [3.63, 3.8) is 0 Å². The number of hydrogen-bond donors (Lipinski definition) is 13. The Labute approximate surface area is 273 Å². The summed E-state index contributed by atoms with van der Waals surface area (Å²) >= 11 is 0. The van der Waals surface area contributed by atoms with Crippen LogP contribution in [0.25, 0.3) is 0 Å². The van der Waals surface area contributed by atoms with E-state index in [-0.39, 0.29) is 6.42 Å². The van der Waals surface area contributed by atoms with Gasteiger partial charge in [0.1, 0.15) is 0 Å². The third-order valence-electron chi connectivity index (χ3n) is 9.70. The molecule has 14 heteroatoms. The van der Waals surface area contributed by atoms with E-state index in [2.05, 4.69) is 6.92 Å². The number of carboxylic acids is 1. The minimum absolute atomic E-state index is 0.00809. The van der Waals surface area contributed by atoms with E-state index in [0.717, 1.165) is 38.5 Å². The zero-order valence-corrected chi connectivity index (χ0v) is 27.5. The molecule has 13 N–H and O–H groups in total. The average molecular weight is 673 g/mol. The lowest BCUT2D eigenvalue weighted by Crippen LogP contribution is -2.63. The monoisotopic (exact) mass is 672 g/mol. The second kappa shape index (κ2) is 23.4. The summed E-state index contributed by atoms with van der Waals surface area (Å²) in [5.74, 6) is -1.68.